The molecule has 186 valence electrons. The third-order valence-electron chi connectivity index (χ3n) is 5.57. The molecule has 4 rings (SSSR count). The highest BCUT2D eigenvalue weighted by atomic mass is 35.5. The van der Waals surface area contributed by atoms with Gasteiger partial charge in [-0.15, -0.1) is 21.5 Å². The minimum absolute atomic E-state index is 0.110. The molecular weight excluding hydrogens is 531 g/mol. The predicted octanol–water partition coefficient (Wildman–Crippen LogP) is 5.55. The summed E-state index contributed by atoms with van der Waals surface area (Å²) >= 11 is 14.8. The van der Waals surface area contributed by atoms with E-state index in [-0.39, 0.29) is 18.3 Å². The molecule has 8 nitrogen and oxygen atoms in total. The molecule has 0 atom stereocenters. The second kappa shape index (κ2) is 11.6. The number of halogens is 2. The van der Waals surface area contributed by atoms with E-state index >= 15 is 0 Å². The highest BCUT2D eigenvalue weighted by Gasteiger charge is 2.26. The Morgan fingerprint density at radius 3 is 2.77 bits per heavy atom. The minimum Gasteiger partial charge on any atom is -0.484 e. The van der Waals surface area contributed by atoms with Crippen molar-refractivity contribution in [3.63, 3.8) is 0 Å². The molecule has 1 N–H and O–H groups in total. The number of hydrogen-bond acceptors (Lipinski definition) is 8. The number of amides is 1. The van der Waals surface area contributed by atoms with Crippen molar-refractivity contribution >= 4 is 63.2 Å². The summed E-state index contributed by atoms with van der Waals surface area (Å²) in [6.07, 6.45) is 4.99. The number of esters is 1. The highest BCUT2D eigenvalue weighted by Crippen LogP contribution is 2.38. The Morgan fingerprint density at radius 2 is 2.00 bits per heavy atom. The number of nitrogens with zero attached hydrogens (tertiary/aromatic N) is 3. The summed E-state index contributed by atoms with van der Waals surface area (Å²) < 4.78 is 12.5. The monoisotopic (exact) mass is 554 g/mol. The number of ether oxygens (including phenoxy) is 2. The smallest absolute Gasteiger partial charge is 0.341 e. The van der Waals surface area contributed by atoms with Gasteiger partial charge in [-0.25, -0.2) is 4.79 Å². The average Bonchev–Trinajstić information content (AvgIpc) is 3.26. The average molecular weight is 556 g/mol. The van der Waals surface area contributed by atoms with Crippen LogP contribution in [0.1, 0.15) is 45.9 Å². The molecule has 0 bridgehead atoms. The number of fused-ring (bicyclic) bond motifs is 1. The number of carbonyl (C=O) groups is 2. The fraction of sp³-hybridized carbons (Fsp3) is 0.391. The number of anilines is 1. The van der Waals surface area contributed by atoms with Crippen molar-refractivity contribution in [3.05, 3.63) is 50.1 Å². The fourth-order valence-electron chi connectivity index (χ4n) is 3.77. The lowest BCUT2D eigenvalue weighted by molar-refractivity contribution is -0.113. The normalized spacial score (nSPS) is 13.1. The van der Waals surface area contributed by atoms with Crippen LogP contribution in [0.4, 0.5) is 5.00 Å². The Morgan fingerprint density at radius 1 is 1.20 bits per heavy atom. The molecule has 1 amide bonds. The molecule has 1 aliphatic rings. The van der Waals surface area contributed by atoms with Gasteiger partial charge in [0.1, 0.15) is 17.4 Å². The zero-order valence-electron chi connectivity index (χ0n) is 19.2. The standard InChI is InChI=1S/C23H24Cl2N4O4S2/c1-29-18(11-33-16-9-8-13(24)10-15(16)25)27-28-23(29)34-12-19(30)26-21-20(22(31)32-2)14-6-4-3-5-7-17(14)35-21/h8-10H,3-7,11-12H2,1-2H3,(H,26,30). The van der Waals surface area contributed by atoms with Crippen LogP contribution in [0.3, 0.4) is 0 Å². The maximum absolute atomic E-state index is 12.7. The third kappa shape index (κ3) is 6.11. The summed E-state index contributed by atoms with van der Waals surface area (Å²) in [5, 5.41) is 13.3. The Labute approximate surface area is 221 Å². The quantitative estimate of drug-likeness (QED) is 0.221. The van der Waals surface area contributed by atoms with Crippen molar-refractivity contribution in [1.29, 1.82) is 0 Å². The van der Waals surface area contributed by atoms with Gasteiger partial charge in [0.15, 0.2) is 11.0 Å². The van der Waals surface area contributed by atoms with Gasteiger partial charge in [0.2, 0.25) is 5.91 Å². The minimum atomic E-state index is -0.411. The first-order chi connectivity index (χ1) is 16.9. The van der Waals surface area contributed by atoms with Gasteiger partial charge in [0, 0.05) is 16.9 Å². The lowest BCUT2D eigenvalue weighted by atomic mass is 10.1. The molecule has 0 aliphatic heterocycles. The molecule has 0 radical (unpaired) electrons. The second-order valence-corrected chi connectivity index (χ2v) is 10.8. The number of carbonyl (C=O) groups excluding carboxylic acids is 2. The van der Waals surface area contributed by atoms with Gasteiger partial charge >= 0.3 is 5.97 Å². The topological polar surface area (TPSA) is 95.3 Å². The summed E-state index contributed by atoms with van der Waals surface area (Å²) in [6.45, 7) is 0.154. The van der Waals surface area contributed by atoms with Crippen molar-refractivity contribution in [2.45, 2.75) is 43.9 Å². The Hall–Kier alpha value is -2.27. The molecule has 0 fully saturated rings. The van der Waals surface area contributed by atoms with Crippen LogP contribution in [-0.2, 0) is 36.0 Å². The van der Waals surface area contributed by atoms with Crippen LogP contribution in [-0.4, -0.2) is 39.5 Å². The summed E-state index contributed by atoms with van der Waals surface area (Å²) in [6, 6.07) is 4.98. The van der Waals surface area contributed by atoms with E-state index in [1.807, 2.05) is 0 Å². The van der Waals surface area contributed by atoms with Crippen LogP contribution in [0.25, 0.3) is 0 Å². The number of aryl methyl sites for hydroxylation is 1. The van der Waals surface area contributed by atoms with Crippen molar-refractivity contribution in [1.82, 2.24) is 14.8 Å². The van der Waals surface area contributed by atoms with E-state index < -0.39 is 5.97 Å². The maximum Gasteiger partial charge on any atom is 0.341 e. The molecule has 1 aromatic carbocycles. The van der Waals surface area contributed by atoms with E-state index in [1.165, 1.54) is 30.2 Å². The molecule has 3 aromatic rings. The van der Waals surface area contributed by atoms with Gasteiger partial charge in [-0.1, -0.05) is 41.4 Å². The van der Waals surface area contributed by atoms with E-state index in [0.717, 1.165) is 42.5 Å². The molecule has 2 aromatic heterocycles. The van der Waals surface area contributed by atoms with Gasteiger partial charge < -0.3 is 19.4 Å². The van der Waals surface area contributed by atoms with E-state index in [2.05, 4.69) is 15.5 Å². The number of hydrogen-bond donors (Lipinski definition) is 1. The molecule has 0 saturated carbocycles. The van der Waals surface area contributed by atoms with Crippen molar-refractivity contribution in [2.75, 3.05) is 18.2 Å². The molecule has 35 heavy (non-hydrogen) atoms. The van der Waals surface area contributed by atoms with E-state index in [0.29, 0.717) is 37.3 Å². The SMILES string of the molecule is COC(=O)c1c(NC(=O)CSc2nnc(COc3ccc(Cl)cc3Cl)n2C)sc2c1CCCCC2. The van der Waals surface area contributed by atoms with E-state index in [1.54, 1.807) is 29.8 Å². The van der Waals surface area contributed by atoms with Crippen molar-refractivity contribution < 1.29 is 19.1 Å². The molecular formula is C23H24Cl2N4O4S2. The Kier molecular flexibility index (Phi) is 8.59. The third-order valence-corrected chi connectivity index (χ3v) is 8.33. The van der Waals surface area contributed by atoms with Gasteiger partial charge in [0.25, 0.3) is 0 Å². The zero-order valence-corrected chi connectivity index (χ0v) is 22.4. The summed E-state index contributed by atoms with van der Waals surface area (Å²) in [4.78, 5) is 26.4. The summed E-state index contributed by atoms with van der Waals surface area (Å²) in [5.74, 6) is 0.535. The van der Waals surface area contributed by atoms with Crippen LogP contribution in [0.5, 0.6) is 5.75 Å². The van der Waals surface area contributed by atoms with Crippen LogP contribution in [0.2, 0.25) is 10.0 Å². The van der Waals surface area contributed by atoms with Gasteiger partial charge in [-0.3, -0.25) is 4.79 Å². The Bertz CT molecular complexity index is 1240. The number of thioether (sulfide) groups is 1. The maximum atomic E-state index is 12.7. The molecule has 12 heteroatoms. The lowest BCUT2D eigenvalue weighted by Crippen LogP contribution is -2.16. The van der Waals surface area contributed by atoms with Crippen LogP contribution in [0.15, 0.2) is 23.4 Å². The summed E-state index contributed by atoms with van der Waals surface area (Å²) in [7, 11) is 3.16. The first-order valence-electron chi connectivity index (χ1n) is 11.0. The highest BCUT2D eigenvalue weighted by molar-refractivity contribution is 7.99. The number of benzene rings is 1. The molecule has 0 spiro atoms. The first kappa shape index (κ1) is 25.8. The van der Waals surface area contributed by atoms with Crippen molar-refractivity contribution in [2.24, 2.45) is 7.05 Å². The lowest BCUT2D eigenvalue weighted by Gasteiger charge is -2.09. The molecule has 0 unspecified atom stereocenters. The van der Waals surface area contributed by atoms with Gasteiger partial charge in [-0.2, -0.15) is 0 Å². The van der Waals surface area contributed by atoms with Gasteiger partial charge in [-0.05, 0) is 49.4 Å². The molecule has 0 saturated heterocycles. The molecule has 1 aliphatic carbocycles. The second-order valence-electron chi connectivity index (χ2n) is 7.92. The number of aromatic nitrogens is 3. The van der Waals surface area contributed by atoms with E-state index in [4.69, 9.17) is 32.7 Å². The zero-order chi connectivity index (χ0) is 24.9. The Balaban J connectivity index is 1.38. The van der Waals surface area contributed by atoms with Crippen LogP contribution < -0.4 is 10.1 Å². The van der Waals surface area contributed by atoms with Crippen LogP contribution in [0, 0.1) is 0 Å². The predicted molar refractivity (Wildman–Crippen MR) is 138 cm³/mol. The molecule has 2 heterocycles. The first-order valence-corrected chi connectivity index (χ1v) is 13.5. The van der Waals surface area contributed by atoms with Crippen molar-refractivity contribution in [3.8, 4) is 5.75 Å². The number of rotatable bonds is 8. The summed E-state index contributed by atoms with van der Waals surface area (Å²) in [5.41, 5.74) is 1.51. The van der Waals surface area contributed by atoms with E-state index in [9.17, 15) is 9.59 Å². The van der Waals surface area contributed by atoms with Gasteiger partial charge in [0.05, 0.1) is 23.4 Å². The number of thiophene rings is 1. The fourth-order valence-corrected chi connectivity index (χ4v) is 6.26. The van der Waals surface area contributed by atoms with Crippen LogP contribution >= 0.6 is 46.3 Å². The number of nitrogens with one attached hydrogen (secondary N) is 1. The largest absolute Gasteiger partial charge is 0.484 e. The number of methoxy groups -OCH3 is 1.